The molecule has 7 nitrogen and oxygen atoms in total. The monoisotopic (exact) mass is 464 g/mol. The molecule has 0 aromatic heterocycles. The number of halogens is 1. The average Bonchev–Trinajstić information content (AvgIpc) is 2.78. The normalized spacial score (nSPS) is 22.1. The van der Waals surface area contributed by atoms with Gasteiger partial charge in [0.1, 0.15) is 5.75 Å². The number of ether oxygens (including phenoxy) is 1. The first-order chi connectivity index (χ1) is 15.4. The lowest BCUT2D eigenvalue weighted by atomic mass is 9.77. The zero-order valence-corrected chi connectivity index (χ0v) is 20.0. The zero-order valence-electron chi connectivity index (χ0n) is 19.2. The van der Waals surface area contributed by atoms with Crippen LogP contribution >= 0.6 is 11.6 Å². The van der Waals surface area contributed by atoms with Crippen LogP contribution in [0.5, 0.6) is 5.75 Å². The SMILES string of the molecule is CN1CCN(C(=O)C[C@]2(COc3cccc(Cl)c3)CCCN(C(=O)CCCCN)C2)CC1. The van der Waals surface area contributed by atoms with E-state index in [1.165, 1.54) is 0 Å². The maximum absolute atomic E-state index is 13.2. The number of nitrogens with zero attached hydrogens (tertiary/aromatic N) is 3. The molecule has 0 aliphatic carbocycles. The van der Waals surface area contributed by atoms with Crippen molar-refractivity contribution in [3.05, 3.63) is 29.3 Å². The van der Waals surface area contributed by atoms with Crippen LogP contribution in [-0.4, -0.2) is 86.0 Å². The molecular weight excluding hydrogens is 428 g/mol. The first kappa shape index (κ1) is 24.8. The quantitative estimate of drug-likeness (QED) is 0.568. The van der Waals surface area contributed by atoms with Crippen molar-refractivity contribution in [3.8, 4) is 5.75 Å². The summed E-state index contributed by atoms with van der Waals surface area (Å²) < 4.78 is 6.14. The highest BCUT2D eigenvalue weighted by Gasteiger charge is 2.41. The van der Waals surface area contributed by atoms with E-state index in [-0.39, 0.29) is 11.8 Å². The van der Waals surface area contributed by atoms with Gasteiger partial charge >= 0.3 is 0 Å². The topological polar surface area (TPSA) is 79.1 Å². The summed E-state index contributed by atoms with van der Waals surface area (Å²) >= 11 is 6.12. The molecule has 1 aromatic carbocycles. The Bertz CT molecular complexity index is 769. The number of amides is 2. The highest BCUT2D eigenvalue weighted by molar-refractivity contribution is 6.30. The number of piperidine rings is 1. The Morgan fingerprint density at radius 1 is 1.09 bits per heavy atom. The molecule has 0 bridgehead atoms. The molecule has 2 fully saturated rings. The van der Waals surface area contributed by atoms with E-state index in [4.69, 9.17) is 22.1 Å². The van der Waals surface area contributed by atoms with Crippen LogP contribution in [0.15, 0.2) is 24.3 Å². The Morgan fingerprint density at radius 2 is 1.88 bits per heavy atom. The third-order valence-electron chi connectivity index (χ3n) is 6.58. The van der Waals surface area contributed by atoms with Crippen molar-refractivity contribution in [1.82, 2.24) is 14.7 Å². The van der Waals surface area contributed by atoms with Gasteiger partial charge in [-0.1, -0.05) is 17.7 Å². The predicted molar refractivity (Wildman–Crippen MR) is 127 cm³/mol. The Kier molecular flexibility index (Phi) is 9.20. The maximum Gasteiger partial charge on any atom is 0.223 e. The van der Waals surface area contributed by atoms with Gasteiger partial charge in [-0.2, -0.15) is 0 Å². The van der Waals surface area contributed by atoms with Crippen molar-refractivity contribution in [3.63, 3.8) is 0 Å². The summed E-state index contributed by atoms with van der Waals surface area (Å²) in [7, 11) is 2.08. The van der Waals surface area contributed by atoms with Gasteiger partial charge in [0.2, 0.25) is 11.8 Å². The fourth-order valence-corrected chi connectivity index (χ4v) is 4.77. The van der Waals surface area contributed by atoms with E-state index in [0.29, 0.717) is 43.3 Å². The number of benzene rings is 1. The van der Waals surface area contributed by atoms with Crippen molar-refractivity contribution >= 4 is 23.4 Å². The van der Waals surface area contributed by atoms with Gasteiger partial charge in [-0.15, -0.1) is 0 Å². The highest BCUT2D eigenvalue weighted by Crippen LogP contribution is 2.36. The summed E-state index contributed by atoms with van der Waals surface area (Å²) in [6, 6.07) is 7.33. The molecule has 0 saturated carbocycles. The summed E-state index contributed by atoms with van der Waals surface area (Å²) in [5.74, 6) is 0.998. The number of piperazine rings is 1. The van der Waals surface area contributed by atoms with E-state index in [1.54, 1.807) is 6.07 Å². The molecule has 32 heavy (non-hydrogen) atoms. The van der Waals surface area contributed by atoms with Crippen LogP contribution in [0.1, 0.15) is 38.5 Å². The summed E-state index contributed by atoms with van der Waals surface area (Å²) in [4.78, 5) is 32.2. The van der Waals surface area contributed by atoms with Crippen LogP contribution in [0.3, 0.4) is 0 Å². The van der Waals surface area contributed by atoms with Gasteiger partial charge in [0.25, 0.3) is 0 Å². The van der Waals surface area contributed by atoms with E-state index in [9.17, 15) is 9.59 Å². The minimum absolute atomic E-state index is 0.150. The largest absolute Gasteiger partial charge is 0.493 e. The van der Waals surface area contributed by atoms with Gasteiger partial charge in [0.15, 0.2) is 0 Å². The lowest BCUT2D eigenvalue weighted by Gasteiger charge is -2.43. The molecule has 0 radical (unpaired) electrons. The van der Waals surface area contributed by atoms with Crippen LogP contribution in [0.2, 0.25) is 5.02 Å². The van der Waals surface area contributed by atoms with Gasteiger partial charge in [-0.05, 0) is 57.5 Å². The molecule has 2 N–H and O–H groups in total. The standard InChI is InChI=1S/C24H37ClN4O3/c1-27-12-14-28(15-13-27)23(31)17-24(19-32-21-7-4-6-20(25)16-21)9-5-11-29(18-24)22(30)8-2-3-10-26/h4,6-7,16H,2-3,5,8-15,17-19,26H2,1H3/t24-/m1/s1. The first-order valence-electron chi connectivity index (χ1n) is 11.7. The number of unbranched alkanes of at least 4 members (excludes halogenated alkanes) is 1. The molecule has 8 heteroatoms. The molecule has 2 heterocycles. The van der Waals surface area contributed by atoms with Crippen LogP contribution in [-0.2, 0) is 9.59 Å². The molecule has 0 unspecified atom stereocenters. The molecule has 1 atom stereocenters. The fraction of sp³-hybridized carbons (Fsp3) is 0.667. The number of carbonyl (C=O) groups is 2. The van der Waals surface area contributed by atoms with Crippen molar-refractivity contribution in [2.75, 3.05) is 59.5 Å². The van der Waals surface area contributed by atoms with Crippen LogP contribution in [0.4, 0.5) is 0 Å². The minimum Gasteiger partial charge on any atom is -0.493 e. The molecule has 2 amide bonds. The summed E-state index contributed by atoms with van der Waals surface area (Å²) in [5, 5.41) is 0.616. The number of carbonyl (C=O) groups excluding carboxylic acids is 2. The summed E-state index contributed by atoms with van der Waals surface area (Å²) in [6.45, 7) is 5.57. The van der Waals surface area contributed by atoms with E-state index in [0.717, 1.165) is 58.4 Å². The first-order valence-corrected chi connectivity index (χ1v) is 12.1. The van der Waals surface area contributed by atoms with Crippen molar-refractivity contribution < 1.29 is 14.3 Å². The number of hydrogen-bond donors (Lipinski definition) is 1. The summed E-state index contributed by atoms with van der Waals surface area (Å²) in [5.41, 5.74) is 5.18. The maximum atomic E-state index is 13.2. The third-order valence-corrected chi connectivity index (χ3v) is 6.82. The van der Waals surface area contributed by atoms with Crippen LogP contribution in [0, 0.1) is 5.41 Å². The highest BCUT2D eigenvalue weighted by atomic mass is 35.5. The number of hydrogen-bond acceptors (Lipinski definition) is 5. The zero-order chi connectivity index (χ0) is 23.0. The van der Waals surface area contributed by atoms with Gasteiger partial charge in [-0.3, -0.25) is 9.59 Å². The number of likely N-dealkylation sites (tertiary alicyclic amines) is 1. The minimum atomic E-state index is -0.398. The molecular formula is C24H37ClN4O3. The lowest BCUT2D eigenvalue weighted by Crippen LogP contribution is -2.53. The Balaban J connectivity index is 1.70. The molecule has 3 rings (SSSR count). The van der Waals surface area contributed by atoms with E-state index < -0.39 is 5.41 Å². The van der Waals surface area contributed by atoms with Gasteiger partial charge in [0, 0.05) is 62.5 Å². The number of rotatable bonds is 9. The summed E-state index contributed by atoms with van der Waals surface area (Å²) in [6.07, 6.45) is 4.29. The second-order valence-corrected chi connectivity index (χ2v) is 9.71. The second-order valence-electron chi connectivity index (χ2n) is 9.27. The average molecular weight is 465 g/mol. The van der Waals surface area contributed by atoms with Crippen LogP contribution < -0.4 is 10.5 Å². The predicted octanol–water partition coefficient (Wildman–Crippen LogP) is 2.62. The number of nitrogens with two attached hydrogens (primary N) is 1. The molecule has 2 aliphatic rings. The van der Waals surface area contributed by atoms with Gasteiger partial charge in [0.05, 0.1) is 6.61 Å². The van der Waals surface area contributed by atoms with Crippen LogP contribution in [0.25, 0.3) is 0 Å². The smallest absolute Gasteiger partial charge is 0.223 e. The number of likely N-dealkylation sites (N-methyl/N-ethyl adjacent to an activating group) is 1. The molecule has 2 saturated heterocycles. The van der Waals surface area contributed by atoms with Crippen molar-refractivity contribution in [2.45, 2.75) is 38.5 Å². The van der Waals surface area contributed by atoms with Crippen molar-refractivity contribution in [1.29, 1.82) is 0 Å². The van der Waals surface area contributed by atoms with Crippen molar-refractivity contribution in [2.24, 2.45) is 11.1 Å². The fourth-order valence-electron chi connectivity index (χ4n) is 4.59. The molecule has 1 aromatic rings. The molecule has 178 valence electrons. The Labute approximate surface area is 196 Å². The second kappa shape index (κ2) is 11.9. The van der Waals surface area contributed by atoms with E-state index in [2.05, 4.69) is 11.9 Å². The molecule has 0 spiro atoms. The lowest BCUT2D eigenvalue weighted by molar-refractivity contribution is -0.142. The van der Waals surface area contributed by atoms with Gasteiger partial charge in [-0.25, -0.2) is 0 Å². The van der Waals surface area contributed by atoms with Gasteiger partial charge < -0.3 is 25.2 Å². The Hall–Kier alpha value is -1.83. The Morgan fingerprint density at radius 3 is 2.59 bits per heavy atom. The third kappa shape index (κ3) is 7.09. The molecule has 2 aliphatic heterocycles. The van der Waals surface area contributed by atoms with E-state index in [1.807, 2.05) is 28.0 Å². The van der Waals surface area contributed by atoms with E-state index >= 15 is 0 Å².